The molecule has 0 spiro atoms. The van der Waals surface area contributed by atoms with Crippen LogP contribution >= 0.6 is 11.6 Å². The number of aromatic hydroxyl groups is 1. The first-order valence-electron chi connectivity index (χ1n) is 5.38. The minimum absolute atomic E-state index is 0.182. The van der Waals surface area contributed by atoms with Crippen LogP contribution in [-0.4, -0.2) is 11.7 Å². The second kappa shape index (κ2) is 6.06. The Kier molecular flexibility index (Phi) is 5.03. The number of rotatable bonds is 5. The average Bonchev–Trinajstić information content (AvgIpc) is 2.19. The van der Waals surface area contributed by atoms with Gasteiger partial charge in [0.05, 0.1) is 5.02 Å². The molecule has 2 nitrogen and oxygen atoms in total. The lowest BCUT2D eigenvalue weighted by Gasteiger charge is -2.08. The molecule has 0 bridgehead atoms. The van der Waals surface area contributed by atoms with E-state index in [0.29, 0.717) is 18.0 Å². The lowest BCUT2D eigenvalue weighted by Crippen LogP contribution is -2.17. The fraction of sp³-hybridized carbons (Fsp3) is 0.500. The van der Waals surface area contributed by atoms with Crippen LogP contribution in [0.2, 0.25) is 5.02 Å². The standard InChI is InChI=1S/C12H17ClFNO/c1-8(2)3-4-15-7-9-5-10(13)12(16)6-11(9)14/h5-6,8,15-16H,3-4,7H2,1-2H3. The SMILES string of the molecule is CC(C)CCNCc1cc(Cl)c(O)cc1F. The van der Waals surface area contributed by atoms with Crippen LogP contribution < -0.4 is 5.32 Å². The van der Waals surface area contributed by atoms with E-state index < -0.39 is 5.82 Å². The van der Waals surface area contributed by atoms with Crippen LogP contribution in [0.15, 0.2) is 12.1 Å². The Hall–Kier alpha value is -0.800. The van der Waals surface area contributed by atoms with E-state index in [-0.39, 0.29) is 10.8 Å². The molecule has 0 aliphatic carbocycles. The summed E-state index contributed by atoms with van der Waals surface area (Å²) >= 11 is 5.70. The van der Waals surface area contributed by atoms with Crippen LogP contribution in [0.1, 0.15) is 25.8 Å². The highest BCUT2D eigenvalue weighted by Crippen LogP contribution is 2.26. The van der Waals surface area contributed by atoms with Crippen molar-refractivity contribution in [1.29, 1.82) is 0 Å². The Morgan fingerprint density at radius 3 is 2.75 bits per heavy atom. The zero-order valence-electron chi connectivity index (χ0n) is 9.56. The van der Waals surface area contributed by atoms with E-state index in [1.165, 1.54) is 6.07 Å². The summed E-state index contributed by atoms with van der Waals surface area (Å²) in [5.41, 5.74) is 0.478. The Bertz CT molecular complexity index is 355. The molecule has 0 radical (unpaired) electrons. The van der Waals surface area contributed by atoms with Crippen molar-refractivity contribution in [3.63, 3.8) is 0 Å². The fourth-order valence-electron chi connectivity index (χ4n) is 1.33. The number of halogens is 2. The molecule has 0 heterocycles. The molecule has 1 aromatic carbocycles. The molecule has 0 amide bonds. The number of hydrogen-bond donors (Lipinski definition) is 2. The third kappa shape index (κ3) is 3.99. The maximum absolute atomic E-state index is 13.4. The van der Waals surface area contributed by atoms with Crippen molar-refractivity contribution in [1.82, 2.24) is 5.32 Å². The summed E-state index contributed by atoms with van der Waals surface area (Å²) in [6.07, 6.45) is 1.05. The van der Waals surface area contributed by atoms with Gasteiger partial charge in [0.15, 0.2) is 0 Å². The molecule has 0 aromatic heterocycles. The zero-order valence-corrected chi connectivity index (χ0v) is 10.3. The summed E-state index contributed by atoms with van der Waals surface area (Å²) in [6, 6.07) is 2.50. The Balaban J connectivity index is 2.51. The van der Waals surface area contributed by atoms with E-state index in [9.17, 15) is 9.50 Å². The molecule has 4 heteroatoms. The van der Waals surface area contributed by atoms with Gasteiger partial charge in [-0.2, -0.15) is 0 Å². The highest BCUT2D eigenvalue weighted by molar-refractivity contribution is 6.32. The molecule has 1 aromatic rings. The first-order chi connectivity index (χ1) is 7.50. The highest BCUT2D eigenvalue weighted by atomic mass is 35.5. The zero-order chi connectivity index (χ0) is 12.1. The molecule has 1 rings (SSSR count). The third-order valence-corrected chi connectivity index (χ3v) is 2.63. The second-order valence-electron chi connectivity index (χ2n) is 4.25. The molecule has 0 saturated heterocycles. The topological polar surface area (TPSA) is 32.3 Å². The summed E-state index contributed by atoms with van der Waals surface area (Å²) in [5.74, 6) is -0.0233. The highest BCUT2D eigenvalue weighted by Gasteiger charge is 2.07. The lowest BCUT2D eigenvalue weighted by atomic mass is 10.1. The minimum Gasteiger partial charge on any atom is -0.506 e. The van der Waals surface area contributed by atoms with Crippen molar-refractivity contribution < 1.29 is 9.50 Å². The van der Waals surface area contributed by atoms with Gasteiger partial charge in [-0.1, -0.05) is 25.4 Å². The van der Waals surface area contributed by atoms with E-state index in [4.69, 9.17) is 11.6 Å². The molecule has 90 valence electrons. The summed E-state index contributed by atoms with van der Waals surface area (Å²) < 4.78 is 13.4. The summed E-state index contributed by atoms with van der Waals surface area (Å²) in [7, 11) is 0. The van der Waals surface area contributed by atoms with Crippen molar-refractivity contribution in [3.05, 3.63) is 28.5 Å². The average molecular weight is 246 g/mol. The van der Waals surface area contributed by atoms with Crippen molar-refractivity contribution in [2.45, 2.75) is 26.8 Å². The molecule has 16 heavy (non-hydrogen) atoms. The lowest BCUT2D eigenvalue weighted by molar-refractivity contribution is 0.466. The monoisotopic (exact) mass is 245 g/mol. The Morgan fingerprint density at radius 1 is 1.44 bits per heavy atom. The second-order valence-corrected chi connectivity index (χ2v) is 4.66. The van der Waals surface area contributed by atoms with Crippen LogP contribution in [0.4, 0.5) is 4.39 Å². The van der Waals surface area contributed by atoms with Crippen LogP contribution in [-0.2, 0) is 6.54 Å². The molecule has 0 unspecified atom stereocenters. The molecule has 2 N–H and O–H groups in total. The van der Waals surface area contributed by atoms with Gasteiger partial charge in [-0.05, 0) is 24.9 Å². The fourth-order valence-corrected chi connectivity index (χ4v) is 1.51. The molecule has 0 fully saturated rings. The smallest absolute Gasteiger partial charge is 0.137 e. The van der Waals surface area contributed by atoms with Crippen LogP contribution in [0, 0.1) is 11.7 Å². The molecule has 0 saturated carbocycles. The van der Waals surface area contributed by atoms with E-state index in [2.05, 4.69) is 19.2 Å². The van der Waals surface area contributed by atoms with Crippen molar-refractivity contribution in [3.8, 4) is 5.75 Å². The summed E-state index contributed by atoms with van der Waals surface area (Å²) in [4.78, 5) is 0. The van der Waals surface area contributed by atoms with Crippen molar-refractivity contribution >= 4 is 11.6 Å². The number of hydrogen-bond acceptors (Lipinski definition) is 2. The molecule has 0 aliphatic heterocycles. The minimum atomic E-state index is -0.432. The largest absolute Gasteiger partial charge is 0.506 e. The summed E-state index contributed by atoms with van der Waals surface area (Å²) in [6.45, 7) is 5.55. The number of nitrogens with one attached hydrogen (secondary N) is 1. The maximum atomic E-state index is 13.4. The molecule has 0 atom stereocenters. The number of benzene rings is 1. The molecular weight excluding hydrogens is 229 g/mol. The van der Waals surface area contributed by atoms with Gasteiger partial charge in [0.2, 0.25) is 0 Å². The van der Waals surface area contributed by atoms with Gasteiger partial charge >= 0.3 is 0 Å². The Labute approximate surface area is 100 Å². The predicted molar refractivity (Wildman–Crippen MR) is 64.2 cm³/mol. The van der Waals surface area contributed by atoms with E-state index in [0.717, 1.165) is 19.0 Å². The van der Waals surface area contributed by atoms with Crippen LogP contribution in [0.25, 0.3) is 0 Å². The number of phenolic OH excluding ortho intramolecular Hbond substituents is 1. The van der Waals surface area contributed by atoms with Gasteiger partial charge in [-0.25, -0.2) is 4.39 Å². The van der Waals surface area contributed by atoms with E-state index in [1.807, 2.05) is 0 Å². The van der Waals surface area contributed by atoms with Gasteiger partial charge in [0, 0.05) is 18.2 Å². The third-order valence-electron chi connectivity index (χ3n) is 2.33. The summed E-state index contributed by atoms with van der Waals surface area (Å²) in [5, 5.41) is 12.5. The first kappa shape index (κ1) is 13.3. The predicted octanol–water partition coefficient (Wildman–Crippen LogP) is 3.32. The van der Waals surface area contributed by atoms with Gasteiger partial charge < -0.3 is 10.4 Å². The van der Waals surface area contributed by atoms with Gasteiger partial charge in [-0.15, -0.1) is 0 Å². The van der Waals surface area contributed by atoms with Crippen LogP contribution in [0.3, 0.4) is 0 Å². The van der Waals surface area contributed by atoms with Crippen molar-refractivity contribution in [2.24, 2.45) is 5.92 Å². The van der Waals surface area contributed by atoms with E-state index >= 15 is 0 Å². The number of phenols is 1. The van der Waals surface area contributed by atoms with E-state index in [1.54, 1.807) is 0 Å². The maximum Gasteiger partial charge on any atom is 0.137 e. The van der Waals surface area contributed by atoms with Crippen molar-refractivity contribution in [2.75, 3.05) is 6.54 Å². The first-order valence-corrected chi connectivity index (χ1v) is 5.76. The van der Waals surface area contributed by atoms with Gasteiger partial charge in [0.1, 0.15) is 11.6 Å². The Morgan fingerprint density at radius 2 is 2.12 bits per heavy atom. The van der Waals surface area contributed by atoms with Crippen LogP contribution in [0.5, 0.6) is 5.75 Å². The molecular formula is C12H17ClFNO. The normalized spacial score (nSPS) is 11.1. The quantitative estimate of drug-likeness (QED) is 0.780. The van der Waals surface area contributed by atoms with Gasteiger partial charge in [-0.3, -0.25) is 0 Å². The van der Waals surface area contributed by atoms with Gasteiger partial charge in [0.25, 0.3) is 0 Å². The molecule has 0 aliphatic rings.